The van der Waals surface area contributed by atoms with Gasteiger partial charge in [-0.25, -0.2) is 9.97 Å². The minimum atomic E-state index is -0.186. The Bertz CT molecular complexity index is 700. The first-order chi connectivity index (χ1) is 11.5. The number of carbonyl (C=O) groups is 1. The van der Waals surface area contributed by atoms with Crippen LogP contribution in [0.4, 0.5) is 11.6 Å². The number of nitrogens with zero attached hydrogens (tertiary/aromatic N) is 3. The zero-order chi connectivity index (χ0) is 17.5. The van der Waals surface area contributed by atoms with E-state index in [9.17, 15) is 4.79 Å². The maximum atomic E-state index is 12.3. The number of likely N-dealkylation sites (N-methyl/N-ethyl adjacent to an activating group) is 1. The molecule has 24 heavy (non-hydrogen) atoms. The van der Waals surface area contributed by atoms with Crippen molar-refractivity contribution < 1.29 is 4.79 Å². The molecule has 0 saturated carbocycles. The molecule has 128 valence electrons. The lowest BCUT2D eigenvalue weighted by molar-refractivity contribution is 0.0946. The largest absolute Gasteiger partial charge is 0.349 e. The summed E-state index contributed by atoms with van der Waals surface area (Å²) in [6.07, 6.45) is 0.910. The summed E-state index contributed by atoms with van der Waals surface area (Å²) in [5.41, 5.74) is 3.26. The average molecular weight is 327 g/mol. The Kier molecular flexibility index (Phi) is 6.26. The maximum Gasteiger partial charge on any atom is 0.270 e. The van der Waals surface area contributed by atoms with Crippen LogP contribution in [-0.4, -0.2) is 48.0 Å². The molecule has 1 amide bonds. The van der Waals surface area contributed by atoms with E-state index in [1.165, 1.54) is 5.56 Å². The number of aryl methyl sites for hydroxylation is 2. The third kappa shape index (κ3) is 5.03. The monoisotopic (exact) mass is 327 g/mol. The van der Waals surface area contributed by atoms with E-state index in [1.54, 1.807) is 6.07 Å². The number of amides is 1. The van der Waals surface area contributed by atoms with Crippen molar-refractivity contribution in [1.82, 2.24) is 20.2 Å². The molecule has 2 N–H and O–H groups in total. The van der Waals surface area contributed by atoms with Crippen LogP contribution >= 0.6 is 0 Å². The molecule has 0 atom stereocenters. The van der Waals surface area contributed by atoms with Gasteiger partial charge in [0, 0.05) is 24.5 Å². The predicted octanol–water partition coefficient (Wildman–Crippen LogP) is 2.38. The van der Waals surface area contributed by atoms with Gasteiger partial charge < -0.3 is 15.5 Å². The van der Waals surface area contributed by atoms with E-state index in [1.807, 2.05) is 44.1 Å². The van der Waals surface area contributed by atoms with Crippen LogP contribution < -0.4 is 10.6 Å². The van der Waals surface area contributed by atoms with Gasteiger partial charge in [-0.05, 0) is 45.1 Å². The van der Waals surface area contributed by atoms with Crippen LogP contribution in [0.25, 0.3) is 0 Å². The summed E-state index contributed by atoms with van der Waals surface area (Å²) in [6.45, 7) is 5.32. The molecule has 0 radical (unpaired) electrons. The van der Waals surface area contributed by atoms with Crippen LogP contribution in [0.15, 0.2) is 30.3 Å². The highest BCUT2D eigenvalue weighted by atomic mass is 16.1. The topological polar surface area (TPSA) is 70.2 Å². The molecule has 0 aliphatic heterocycles. The minimum Gasteiger partial charge on any atom is -0.349 e. The van der Waals surface area contributed by atoms with Crippen molar-refractivity contribution in [1.29, 1.82) is 0 Å². The molecular weight excluding hydrogens is 302 g/mol. The fourth-order valence-electron chi connectivity index (χ4n) is 2.30. The van der Waals surface area contributed by atoms with Crippen molar-refractivity contribution in [2.75, 3.05) is 32.5 Å². The van der Waals surface area contributed by atoms with Gasteiger partial charge in [0.1, 0.15) is 5.69 Å². The number of aromatic nitrogens is 2. The zero-order valence-corrected chi connectivity index (χ0v) is 14.8. The standard InChI is InChI=1S/C18H25N5O/c1-5-14-8-6-7-9-15(14)21-18-20-13(2)12-16(22-18)17(24)19-10-11-23(3)4/h6-9,12H,5,10-11H2,1-4H3,(H,19,24)(H,20,21,22). The number of para-hydroxylation sites is 1. The molecule has 0 unspecified atom stereocenters. The fourth-order valence-corrected chi connectivity index (χ4v) is 2.30. The van der Waals surface area contributed by atoms with E-state index in [4.69, 9.17) is 0 Å². The summed E-state index contributed by atoms with van der Waals surface area (Å²) in [5, 5.41) is 6.10. The van der Waals surface area contributed by atoms with Gasteiger partial charge >= 0.3 is 0 Å². The Balaban J connectivity index is 2.14. The van der Waals surface area contributed by atoms with E-state index in [0.29, 0.717) is 18.2 Å². The molecule has 0 aliphatic carbocycles. The molecule has 1 heterocycles. The maximum absolute atomic E-state index is 12.3. The molecule has 0 aliphatic rings. The SMILES string of the molecule is CCc1ccccc1Nc1nc(C)cc(C(=O)NCCN(C)C)n1. The van der Waals surface area contributed by atoms with Crippen molar-refractivity contribution in [3.8, 4) is 0 Å². The van der Waals surface area contributed by atoms with Gasteiger partial charge in [0.25, 0.3) is 5.91 Å². The van der Waals surface area contributed by atoms with Crippen molar-refractivity contribution in [3.63, 3.8) is 0 Å². The highest BCUT2D eigenvalue weighted by Gasteiger charge is 2.11. The molecule has 0 bridgehead atoms. The van der Waals surface area contributed by atoms with Crippen molar-refractivity contribution in [2.45, 2.75) is 20.3 Å². The van der Waals surface area contributed by atoms with Crippen LogP contribution in [0.5, 0.6) is 0 Å². The normalized spacial score (nSPS) is 10.7. The molecule has 0 fully saturated rings. The van der Waals surface area contributed by atoms with Gasteiger partial charge in [-0.15, -0.1) is 0 Å². The predicted molar refractivity (Wildman–Crippen MR) is 96.8 cm³/mol. The minimum absolute atomic E-state index is 0.186. The van der Waals surface area contributed by atoms with E-state index in [0.717, 1.165) is 24.3 Å². The lowest BCUT2D eigenvalue weighted by Gasteiger charge is -2.12. The Labute approximate surface area is 143 Å². The summed E-state index contributed by atoms with van der Waals surface area (Å²) < 4.78 is 0. The third-order valence-electron chi connectivity index (χ3n) is 3.58. The second-order valence-electron chi connectivity index (χ2n) is 5.91. The first-order valence-corrected chi connectivity index (χ1v) is 8.13. The van der Waals surface area contributed by atoms with Gasteiger partial charge in [-0.3, -0.25) is 4.79 Å². The van der Waals surface area contributed by atoms with Gasteiger partial charge in [0.05, 0.1) is 0 Å². The number of hydrogen-bond donors (Lipinski definition) is 2. The summed E-state index contributed by atoms with van der Waals surface area (Å²) >= 11 is 0. The number of nitrogens with one attached hydrogen (secondary N) is 2. The van der Waals surface area contributed by atoms with E-state index in [2.05, 4.69) is 33.6 Å². The smallest absolute Gasteiger partial charge is 0.270 e. The van der Waals surface area contributed by atoms with Gasteiger partial charge in [0.15, 0.2) is 0 Å². The van der Waals surface area contributed by atoms with Crippen LogP contribution in [0.1, 0.15) is 28.7 Å². The van der Waals surface area contributed by atoms with E-state index < -0.39 is 0 Å². The summed E-state index contributed by atoms with van der Waals surface area (Å²) in [5.74, 6) is 0.253. The number of anilines is 2. The van der Waals surface area contributed by atoms with Crippen molar-refractivity contribution in [2.24, 2.45) is 0 Å². The lowest BCUT2D eigenvalue weighted by atomic mass is 10.1. The highest BCUT2D eigenvalue weighted by Crippen LogP contribution is 2.19. The van der Waals surface area contributed by atoms with Gasteiger partial charge in [-0.2, -0.15) is 0 Å². The van der Waals surface area contributed by atoms with E-state index in [-0.39, 0.29) is 5.91 Å². The summed E-state index contributed by atoms with van der Waals surface area (Å²) in [4.78, 5) is 23.0. The Morgan fingerprint density at radius 2 is 1.96 bits per heavy atom. The number of hydrogen-bond acceptors (Lipinski definition) is 5. The lowest BCUT2D eigenvalue weighted by Crippen LogP contribution is -2.32. The second kappa shape index (κ2) is 8.40. The number of rotatable bonds is 7. The molecular formula is C18H25N5O. The second-order valence-corrected chi connectivity index (χ2v) is 5.91. The van der Waals surface area contributed by atoms with Crippen LogP contribution in [0, 0.1) is 6.92 Å². The van der Waals surface area contributed by atoms with Crippen LogP contribution in [0.2, 0.25) is 0 Å². The highest BCUT2D eigenvalue weighted by molar-refractivity contribution is 5.92. The molecule has 0 spiro atoms. The quantitative estimate of drug-likeness (QED) is 0.817. The van der Waals surface area contributed by atoms with Gasteiger partial charge in [0.2, 0.25) is 5.95 Å². The van der Waals surface area contributed by atoms with Crippen LogP contribution in [0.3, 0.4) is 0 Å². The molecule has 2 aromatic rings. The van der Waals surface area contributed by atoms with Crippen molar-refractivity contribution in [3.05, 3.63) is 47.3 Å². The average Bonchev–Trinajstić information content (AvgIpc) is 2.54. The van der Waals surface area contributed by atoms with Crippen molar-refractivity contribution >= 4 is 17.5 Å². The molecule has 1 aromatic heterocycles. The fraction of sp³-hybridized carbons (Fsp3) is 0.389. The number of carbonyl (C=O) groups excluding carboxylic acids is 1. The summed E-state index contributed by atoms with van der Waals surface area (Å²) in [7, 11) is 3.93. The zero-order valence-electron chi connectivity index (χ0n) is 14.8. The van der Waals surface area contributed by atoms with Gasteiger partial charge in [-0.1, -0.05) is 25.1 Å². The first kappa shape index (κ1) is 17.9. The molecule has 6 nitrogen and oxygen atoms in total. The van der Waals surface area contributed by atoms with Crippen LogP contribution in [-0.2, 0) is 6.42 Å². The molecule has 6 heteroatoms. The number of benzene rings is 1. The first-order valence-electron chi connectivity index (χ1n) is 8.13. The Morgan fingerprint density at radius 1 is 1.21 bits per heavy atom. The summed E-state index contributed by atoms with van der Waals surface area (Å²) in [6, 6.07) is 9.72. The van der Waals surface area contributed by atoms with E-state index >= 15 is 0 Å². The Morgan fingerprint density at radius 3 is 2.67 bits per heavy atom. The Hall–Kier alpha value is -2.47. The molecule has 1 aromatic carbocycles. The third-order valence-corrected chi connectivity index (χ3v) is 3.58. The molecule has 2 rings (SSSR count). The molecule has 0 saturated heterocycles.